The summed E-state index contributed by atoms with van der Waals surface area (Å²) in [5.41, 5.74) is 2.98. The summed E-state index contributed by atoms with van der Waals surface area (Å²) >= 11 is 0. The Morgan fingerprint density at radius 1 is 0.970 bits per heavy atom. The SMILES string of the molecule is Cc1ccc(Nc2nc(C)cc(N3CCN(C(=O)/C=C/c4cc(F)ccc4F)CC3)n2)cc1. The highest BCUT2D eigenvalue weighted by atomic mass is 19.1. The van der Waals surface area contributed by atoms with Crippen molar-refractivity contribution in [1.82, 2.24) is 14.9 Å². The van der Waals surface area contributed by atoms with E-state index in [0.717, 1.165) is 35.4 Å². The highest BCUT2D eigenvalue weighted by Crippen LogP contribution is 2.20. The maximum absolute atomic E-state index is 13.8. The largest absolute Gasteiger partial charge is 0.353 e. The molecule has 1 aliphatic rings. The molecule has 33 heavy (non-hydrogen) atoms. The molecule has 1 aliphatic heterocycles. The van der Waals surface area contributed by atoms with Crippen LogP contribution in [0.1, 0.15) is 16.8 Å². The molecular weight excluding hydrogens is 424 g/mol. The lowest BCUT2D eigenvalue weighted by Crippen LogP contribution is -2.48. The number of aromatic nitrogens is 2. The first-order chi connectivity index (χ1) is 15.9. The molecule has 1 fully saturated rings. The van der Waals surface area contributed by atoms with Crippen LogP contribution in [0.3, 0.4) is 0 Å². The Balaban J connectivity index is 1.38. The molecule has 1 N–H and O–H groups in total. The smallest absolute Gasteiger partial charge is 0.246 e. The number of carbonyl (C=O) groups is 1. The van der Waals surface area contributed by atoms with Crippen molar-refractivity contribution in [3.05, 3.63) is 83.1 Å². The first kappa shape index (κ1) is 22.4. The van der Waals surface area contributed by atoms with Gasteiger partial charge in [-0.15, -0.1) is 0 Å². The van der Waals surface area contributed by atoms with Crippen molar-refractivity contribution in [3.8, 4) is 0 Å². The number of halogens is 2. The maximum Gasteiger partial charge on any atom is 0.246 e. The molecule has 2 heterocycles. The number of hydrogen-bond acceptors (Lipinski definition) is 5. The van der Waals surface area contributed by atoms with Crippen molar-refractivity contribution in [1.29, 1.82) is 0 Å². The Kier molecular flexibility index (Phi) is 6.63. The molecular formula is C25H25F2N5O. The average Bonchev–Trinajstić information content (AvgIpc) is 2.81. The van der Waals surface area contributed by atoms with E-state index in [1.165, 1.54) is 17.7 Å². The van der Waals surface area contributed by atoms with E-state index < -0.39 is 11.6 Å². The van der Waals surface area contributed by atoms with Crippen molar-refractivity contribution >= 4 is 29.4 Å². The zero-order chi connectivity index (χ0) is 23.4. The second kappa shape index (κ2) is 9.77. The second-order valence-electron chi connectivity index (χ2n) is 7.99. The molecule has 8 heteroatoms. The lowest BCUT2D eigenvalue weighted by Gasteiger charge is -2.35. The van der Waals surface area contributed by atoms with Gasteiger partial charge in [0.25, 0.3) is 0 Å². The van der Waals surface area contributed by atoms with Crippen molar-refractivity contribution in [2.45, 2.75) is 13.8 Å². The van der Waals surface area contributed by atoms with Crippen LogP contribution >= 0.6 is 0 Å². The summed E-state index contributed by atoms with van der Waals surface area (Å²) in [6.45, 7) is 6.16. The van der Waals surface area contributed by atoms with E-state index in [-0.39, 0.29) is 11.5 Å². The van der Waals surface area contributed by atoms with Gasteiger partial charge in [0, 0.05) is 55.3 Å². The van der Waals surface area contributed by atoms with E-state index in [2.05, 4.69) is 20.2 Å². The van der Waals surface area contributed by atoms with Gasteiger partial charge in [-0.05, 0) is 50.3 Å². The van der Waals surface area contributed by atoms with E-state index >= 15 is 0 Å². The molecule has 0 atom stereocenters. The lowest BCUT2D eigenvalue weighted by atomic mass is 10.2. The number of nitrogens with zero attached hydrogens (tertiary/aromatic N) is 4. The van der Waals surface area contributed by atoms with Gasteiger partial charge in [-0.2, -0.15) is 4.98 Å². The van der Waals surface area contributed by atoms with Crippen LogP contribution in [-0.2, 0) is 4.79 Å². The van der Waals surface area contributed by atoms with E-state index in [1.807, 2.05) is 44.2 Å². The van der Waals surface area contributed by atoms with Crippen LogP contribution in [0.4, 0.5) is 26.2 Å². The second-order valence-corrected chi connectivity index (χ2v) is 7.99. The molecule has 170 valence electrons. The summed E-state index contributed by atoms with van der Waals surface area (Å²) < 4.78 is 27.1. The van der Waals surface area contributed by atoms with Gasteiger partial charge >= 0.3 is 0 Å². The summed E-state index contributed by atoms with van der Waals surface area (Å²) in [6, 6.07) is 13.1. The van der Waals surface area contributed by atoms with Crippen LogP contribution in [0.2, 0.25) is 0 Å². The summed E-state index contributed by atoms with van der Waals surface area (Å²) in [5, 5.41) is 3.24. The van der Waals surface area contributed by atoms with Gasteiger partial charge in [-0.3, -0.25) is 4.79 Å². The normalized spacial score (nSPS) is 14.1. The number of aryl methyl sites for hydroxylation is 2. The molecule has 6 nitrogen and oxygen atoms in total. The number of amides is 1. The number of anilines is 3. The first-order valence-electron chi connectivity index (χ1n) is 10.7. The molecule has 1 aromatic heterocycles. The van der Waals surface area contributed by atoms with E-state index in [0.29, 0.717) is 32.1 Å². The Morgan fingerprint density at radius 2 is 1.70 bits per heavy atom. The minimum absolute atomic E-state index is 0.0482. The molecule has 3 aromatic rings. The molecule has 2 aromatic carbocycles. The maximum atomic E-state index is 13.8. The van der Waals surface area contributed by atoms with Crippen LogP contribution in [0, 0.1) is 25.5 Å². The molecule has 0 saturated carbocycles. The van der Waals surface area contributed by atoms with Crippen LogP contribution < -0.4 is 10.2 Å². The highest BCUT2D eigenvalue weighted by Gasteiger charge is 2.21. The fraction of sp³-hybridized carbons (Fsp3) is 0.240. The monoisotopic (exact) mass is 449 g/mol. The van der Waals surface area contributed by atoms with Crippen molar-refractivity contribution < 1.29 is 13.6 Å². The Hall–Kier alpha value is -3.81. The number of nitrogens with one attached hydrogen (secondary N) is 1. The number of piperazine rings is 1. The van der Waals surface area contributed by atoms with Crippen molar-refractivity contribution in [2.24, 2.45) is 0 Å². The predicted molar refractivity (Wildman–Crippen MR) is 125 cm³/mol. The van der Waals surface area contributed by atoms with Gasteiger partial charge in [0.15, 0.2) is 0 Å². The third-order valence-electron chi connectivity index (χ3n) is 5.43. The van der Waals surface area contributed by atoms with Gasteiger partial charge in [-0.25, -0.2) is 13.8 Å². The zero-order valence-corrected chi connectivity index (χ0v) is 18.6. The van der Waals surface area contributed by atoms with E-state index in [9.17, 15) is 13.6 Å². The van der Waals surface area contributed by atoms with Gasteiger partial charge in [-0.1, -0.05) is 17.7 Å². The summed E-state index contributed by atoms with van der Waals surface area (Å²) in [6.07, 6.45) is 2.59. The van der Waals surface area contributed by atoms with Crippen LogP contribution in [0.25, 0.3) is 6.08 Å². The quantitative estimate of drug-likeness (QED) is 0.582. The van der Waals surface area contributed by atoms with E-state index in [1.54, 1.807) is 4.90 Å². The Bertz CT molecular complexity index is 1170. The summed E-state index contributed by atoms with van der Waals surface area (Å²) in [5.74, 6) is -0.0409. The number of hydrogen-bond donors (Lipinski definition) is 1. The van der Waals surface area contributed by atoms with Gasteiger partial charge in [0.1, 0.15) is 17.5 Å². The van der Waals surface area contributed by atoms with Gasteiger partial charge in [0.2, 0.25) is 11.9 Å². The number of benzene rings is 2. The molecule has 0 radical (unpaired) electrons. The summed E-state index contributed by atoms with van der Waals surface area (Å²) in [7, 11) is 0. The zero-order valence-electron chi connectivity index (χ0n) is 18.6. The highest BCUT2D eigenvalue weighted by molar-refractivity contribution is 5.92. The third-order valence-corrected chi connectivity index (χ3v) is 5.43. The molecule has 0 bridgehead atoms. The van der Waals surface area contributed by atoms with Gasteiger partial charge < -0.3 is 15.1 Å². The topological polar surface area (TPSA) is 61.4 Å². The van der Waals surface area contributed by atoms with Gasteiger partial charge in [0.05, 0.1) is 0 Å². The fourth-order valence-corrected chi connectivity index (χ4v) is 3.60. The molecule has 0 spiro atoms. The van der Waals surface area contributed by atoms with Crippen LogP contribution in [0.15, 0.2) is 54.6 Å². The molecule has 0 unspecified atom stereocenters. The molecule has 0 aliphatic carbocycles. The molecule has 1 amide bonds. The predicted octanol–water partition coefficient (Wildman–Crippen LogP) is 4.48. The Labute approximate surface area is 191 Å². The Morgan fingerprint density at radius 3 is 2.42 bits per heavy atom. The average molecular weight is 450 g/mol. The third kappa shape index (κ3) is 5.71. The lowest BCUT2D eigenvalue weighted by molar-refractivity contribution is -0.126. The molecule has 4 rings (SSSR count). The standard InChI is InChI=1S/C25H25F2N5O/c1-17-3-7-21(8-4-17)29-25-28-18(2)15-23(30-25)31-11-13-32(14-12-31)24(33)10-5-19-16-20(26)6-9-22(19)27/h3-10,15-16H,11-14H2,1-2H3,(H,28,29,30)/b10-5+. The number of rotatable bonds is 5. The van der Waals surface area contributed by atoms with Crippen molar-refractivity contribution in [3.63, 3.8) is 0 Å². The molecule has 1 saturated heterocycles. The number of carbonyl (C=O) groups excluding carboxylic acids is 1. The van der Waals surface area contributed by atoms with Crippen LogP contribution in [-0.4, -0.2) is 47.0 Å². The summed E-state index contributed by atoms with van der Waals surface area (Å²) in [4.78, 5) is 25.4. The first-order valence-corrected chi connectivity index (χ1v) is 10.7. The van der Waals surface area contributed by atoms with E-state index in [4.69, 9.17) is 0 Å². The van der Waals surface area contributed by atoms with Crippen LogP contribution in [0.5, 0.6) is 0 Å². The minimum Gasteiger partial charge on any atom is -0.353 e. The minimum atomic E-state index is -0.570. The fourth-order valence-electron chi connectivity index (χ4n) is 3.60. The van der Waals surface area contributed by atoms with Crippen molar-refractivity contribution in [2.75, 3.05) is 36.4 Å².